The van der Waals surface area contributed by atoms with Crippen molar-refractivity contribution < 1.29 is 9.53 Å². The number of aromatic nitrogens is 2. The Morgan fingerprint density at radius 3 is 2.86 bits per heavy atom. The van der Waals surface area contributed by atoms with E-state index < -0.39 is 5.97 Å². The minimum absolute atomic E-state index is 0.0608. The molecular formula is C14H12N5O3-. The zero-order valence-electron chi connectivity index (χ0n) is 11.8. The van der Waals surface area contributed by atoms with Crippen molar-refractivity contribution in [2.45, 2.75) is 13.0 Å². The quantitative estimate of drug-likeness (QED) is 0.346. The molecular weight excluding hydrogens is 286 g/mol. The highest BCUT2D eigenvalue weighted by molar-refractivity contribution is 5.89. The maximum Gasteiger partial charge on any atom is 0.343 e. The number of carbonyl (C=O) groups is 1. The second-order valence-corrected chi connectivity index (χ2v) is 4.47. The third kappa shape index (κ3) is 2.82. The molecule has 0 fully saturated rings. The van der Waals surface area contributed by atoms with Crippen LogP contribution in [0.15, 0.2) is 35.4 Å². The highest BCUT2D eigenvalue weighted by Crippen LogP contribution is 2.25. The number of carbonyl (C=O) groups excluding carboxylic acids is 1. The van der Waals surface area contributed by atoms with Gasteiger partial charge in [-0.25, -0.2) is 4.79 Å². The van der Waals surface area contributed by atoms with E-state index in [2.05, 4.69) is 9.72 Å². The molecule has 0 saturated heterocycles. The monoisotopic (exact) mass is 298 g/mol. The summed E-state index contributed by atoms with van der Waals surface area (Å²) in [5.74, 6) is -0.605. The fourth-order valence-electron chi connectivity index (χ4n) is 2.34. The predicted octanol–water partition coefficient (Wildman–Crippen LogP) is 2.12. The first-order valence-electron chi connectivity index (χ1n) is 6.38. The molecule has 0 spiro atoms. The molecule has 3 rings (SSSR count). The average molecular weight is 298 g/mol. The van der Waals surface area contributed by atoms with Gasteiger partial charge in [-0.15, -0.1) is 0 Å². The Morgan fingerprint density at radius 2 is 2.18 bits per heavy atom. The van der Waals surface area contributed by atoms with Crippen molar-refractivity contribution in [3.05, 3.63) is 67.9 Å². The van der Waals surface area contributed by atoms with Crippen LogP contribution in [0.1, 0.15) is 15.9 Å². The molecule has 0 N–H and O–H groups in total. The molecule has 8 heteroatoms. The van der Waals surface area contributed by atoms with Gasteiger partial charge in [0.15, 0.2) is 5.43 Å². The minimum Gasteiger partial charge on any atom is -0.465 e. The molecule has 2 aromatic rings. The molecule has 22 heavy (non-hydrogen) atoms. The number of methoxy groups -OCH3 is 1. The van der Waals surface area contributed by atoms with Crippen molar-refractivity contribution in [2.75, 3.05) is 7.11 Å². The maximum atomic E-state index is 12.0. The van der Waals surface area contributed by atoms with Crippen LogP contribution in [0.25, 0.3) is 27.4 Å². The Kier molecular flexibility index (Phi) is 4.55. The first kappa shape index (κ1) is 15.3. The van der Waals surface area contributed by atoms with E-state index in [0.29, 0.717) is 0 Å². The van der Waals surface area contributed by atoms with Crippen molar-refractivity contribution in [2.24, 2.45) is 0 Å². The van der Waals surface area contributed by atoms with Crippen LogP contribution in [0.4, 0.5) is 0 Å². The molecule has 0 atom stereocenters. The van der Waals surface area contributed by atoms with Gasteiger partial charge in [-0.1, -0.05) is 6.07 Å². The standard InChI is InChI=1S/C14H12N2O3.N3/c1-19-14(18)10-8-16-6-4-9-3-2-5-15-13(9)11(16)7-12(10)17;1-3-2/h2-3,5,7-8H,4,6H2,1H3;/q;-1. The van der Waals surface area contributed by atoms with Gasteiger partial charge in [-0.2, -0.15) is 0 Å². The van der Waals surface area contributed by atoms with Gasteiger partial charge in [0.25, 0.3) is 0 Å². The Bertz CT molecular complexity index is 806. The van der Waals surface area contributed by atoms with E-state index >= 15 is 0 Å². The zero-order chi connectivity index (χ0) is 16.1. The van der Waals surface area contributed by atoms with E-state index in [1.165, 1.54) is 18.1 Å². The molecule has 1 aliphatic heterocycles. The van der Waals surface area contributed by atoms with Crippen LogP contribution >= 0.6 is 0 Å². The van der Waals surface area contributed by atoms with Gasteiger partial charge in [-0.3, -0.25) is 14.7 Å². The van der Waals surface area contributed by atoms with Crippen molar-refractivity contribution in [3.8, 4) is 11.4 Å². The highest BCUT2D eigenvalue weighted by Gasteiger charge is 2.20. The van der Waals surface area contributed by atoms with Crippen molar-refractivity contribution in [1.82, 2.24) is 9.55 Å². The topological polar surface area (TPSA) is 120 Å². The van der Waals surface area contributed by atoms with Crippen LogP contribution in [-0.2, 0) is 17.7 Å². The normalized spacial score (nSPS) is 11.1. The van der Waals surface area contributed by atoms with Gasteiger partial charge in [0.05, 0.1) is 18.5 Å². The average Bonchev–Trinajstić information content (AvgIpc) is 2.54. The van der Waals surface area contributed by atoms with Gasteiger partial charge in [0, 0.05) is 25.0 Å². The molecule has 0 unspecified atom stereocenters. The van der Waals surface area contributed by atoms with E-state index in [9.17, 15) is 9.59 Å². The summed E-state index contributed by atoms with van der Waals surface area (Å²) in [6.45, 7) is 0.721. The van der Waals surface area contributed by atoms with E-state index in [1.54, 1.807) is 12.4 Å². The number of hydrogen-bond acceptors (Lipinski definition) is 4. The number of rotatable bonds is 1. The van der Waals surface area contributed by atoms with E-state index in [4.69, 9.17) is 11.1 Å². The zero-order valence-corrected chi connectivity index (χ0v) is 11.8. The maximum absolute atomic E-state index is 12.0. The van der Waals surface area contributed by atoms with Crippen LogP contribution in [0.3, 0.4) is 0 Å². The fraction of sp³-hybridized carbons (Fsp3) is 0.214. The summed E-state index contributed by atoms with van der Waals surface area (Å²) in [4.78, 5) is 29.3. The van der Waals surface area contributed by atoms with Crippen LogP contribution in [0.5, 0.6) is 0 Å². The summed E-state index contributed by atoms with van der Waals surface area (Å²) in [6, 6.07) is 5.34. The molecule has 3 heterocycles. The van der Waals surface area contributed by atoms with Crippen LogP contribution in [-0.4, -0.2) is 22.6 Å². The van der Waals surface area contributed by atoms with Gasteiger partial charge in [-0.05, 0) is 18.1 Å². The predicted molar refractivity (Wildman–Crippen MR) is 79.1 cm³/mol. The summed E-state index contributed by atoms with van der Waals surface area (Å²) in [5, 5.41) is 0. The summed E-state index contributed by atoms with van der Waals surface area (Å²) < 4.78 is 6.49. The number of pyridine rings is 2. The first-order chi connectivity index (χ1) is 10.6. The molecule has 112 valence electrons. The first-order valence-corrected chi connectivity index (χ1v) is 6.38. The smallest absolute Gasteiger partial charge is 0.343 e. The molecule has 2 aromatic heterocycles. The van der Waals surface area contributed by atoms with Gasteiger partial charge in [0.1, 0.15) is 5.56 Å². The van der Waals surface area contributed by atoms with Gasteiger partial charge in [0.2, 0.25) is 0 Å². The summed E-state index contributed by atoms with van der Waals surface area (Å²) in [7, 11) is 1.27. The number of fused-ring (bicyclic) bond motifs is 3. The number of aryl methyl sites for hydroxylation is 2. The summed E-state index contributed by atoms with van der Waals surface area (Å²) >= 11 is 0. The molecule has 0 aromatic carbocycles. The second-order valence-electron chi connectivity index (χ2n) is 4.47. The van der Waals surface area contributed by atoms with E-state index in [-0.39, 0.29) is 11.0 Å². The van der Waals surface area contributed by atoms with Crippen molar-refractivity contribution in [3.63, 3.8) is 0 Å². The summed E-state index contributed by atoms with van der Waals surface area (Å²) in [6.07, 6.45) is 4.09. The summed E-state index contributed by atoms with van der Waals surface area (Å²) in [5.41, 5.74) is 15.9. The van der Waals surface area contributed by atoms with E-state index in [0.717, 1.165) is 29.9 Å². The van der Waals surface area contributed by atoms with Crippen LogP contribution in [0.2, 0.25) is 0 Å². The molecule has 0 aliphatic carbocycles. The number of nitrogens with zero attached hydrogens (tertiary/aromatic N) is 5. The van der Waals surface area contributed by atoms with E-state index in [1.807, 2.05) is 16.7 Å². The lowest BCUT2D eigenvalue weighted by Crippen LogP contribution is -2.23. The second kappa shape index (κ2) is 6.55. The molecule has 0 amide bonds. The minimum atomic E-state index is -0.605. The number of ether oxygens (including phenoxy) is 1. The van der Waals surface area contributed by atoms with Gasteiger partial charge >= 0.3 is 5.97 Å². The number of esters is 1. The third-order valence-electron chi connectivity index (χ3n) is 3.29. The Morgan fingerprint density at radius 1 is 1.45 bits per heavy atom. The largest absolute Gasteiger partial charge is 0.465 e. The molecule has 0 saturated carbocycles. The number of hydrogen-bond donors (Lipinski definition) is 0. The van der Waals surface area contributed by atoms with Crippen LogP contribution < -0.4 is 5.43 Å². The fourth-order valence-corrected chi connectivity index (χ4v) is 2.34. The molecule has 0 bridgehead atoms. The van der Waals surface area contributed by atoms with Crippen molar-refractivity contribution >= 4 is 5.97 Å². The lowest BCUT2D eigenvalue weighted by atomic mass is 10.0. The Balaban J connectivity index is 0.000000545. The Labute approximate surface area is 125 Å². The lowest BCUT2D eigenvalue weighted by molar-refractivity contribution is 0.0598. The SMILES string of the molecule is COC(=O)c1cn2c(cc1=O)-c1ncccc1CC2.[N-]=[N+]=[N-]. The molecule has 0 radical (unpaired) electrons. The highest BCUT2D eigenvalue weighted by atomic mass is 16.5. The molecule has 8 nitrogen and oxygen atoms in total. The van der Waals surface area contributed by atoms with Gasteiger partial charge < -0.3 is 20.4 Å². The Hall–Kier alpha value is -3.12. The van der Waals surface area contributed by atoms with Crippen molar-refractivity contribution in [1.29, 1.82) is 0 Å². The third-order valence-corrected chi connectivity index (χ3v) is 3.29. The molecule has 1 aliphatic rings. The lowest BCUT2D eigenvalue weighted by Gasteiger charge is -2.21. The van der Waals surface area contributed by atoms with Crippen LogP contribution in [0, 0.1) is 0 Å².